The third kappa shape index (κ3) is 4.51. The molecule has 2 aromatic rings. The van der Waals surface area contributed by atoms with Gasteiger partial charge in [0.1, 0.15) is 5.56 Å². The van der Waals surface area contributed by atoms with Gasteiger partial charge >= 0.3 is 5.97 Å². The number of carbonyl (C=O) groups excluding carboxylic acids is 1. The predicted octanol–water partition coefficient (Wildman–Crippen LogP) is 4.34. The van der Waals surface area contributed by atoms with Gasteiger partial charge in [-0.3, -0.25) is 4.79 Å². The molecule has 0 aliphatic carbocycles. The van der Waals surface area contributed by atoms with E-state index in [-0.39, 0.29) is 17.0 Å². The Morgan fingerprint density at radius 1 is 1.23 bits per heavy atom. The lowest BCUT2D eigenvalue weighted by molar-refractivity contribution is 0.0598. The lowest BCUT2D eigenvalue weighted by atomic mass is 9.99. The van der Waals surface area contributed by atoms with Crippen molar-refractivity contribution in [3.05, 3.63) is 45.7 Å². The molecule has 0 N–H and O–H groups in total. The fourth-order valence-corrected chi connectivity index (χ4v) is 4.30. The van der Waals surface area contributed by atoms with Gasteiger partial charge in [-0.2, -0.15) is 11.8 Å². The van der Waals surface area contributed by atoms with Crippen molar-refractivity contribution in [2.75, 3.05) is 32.8 Å². The molecule has 0 radical (unpaired) electrons. The first-order chi connectivity index (χ1) is 14.5. The third-order valence-corrected chi connectivity index (χ3v) is 6.21. The minimum atomic E-state index is -0.610. The number of carbonyl (C=O) groups is 1. The van der Waals surface area contributed by atoms with Gasteiger partial charge in [-0.1, -0.05) is 6.92 Å². The van der Waals surface area contributed by atoms with Crippen LogP contribution in [0.4, 0.5) is 0 Å². The number of pyridine rings is 1. The zero-order valence-corrected chi connectivity index (χ0v) is 18.8. The van der Waals surface area contributed by atoms with Crippen molar-refractivity contribution in [1.82, 2.24) is 4.57 Å². The number of benzene rings is 1. The molecule has 2 heterocycles. The van der Waals surface area contributed by atoms with Crippen molar-refractivity contribution >= 4 is 17.7 Å². The Bertz CT molecular complexity index is 969. The first-order valence-electron chi connectivity index (χ1n) is 10.2. The van der Waals surface area contributed by atoms with E-state index in [9.17, 15) is 9.59 Å². The van der Waals surface area contributed by atoms with Crippen LogP contribution in [0.25, 0.3) is 11.3 Å². The highest BCUT2D eigenvalue weighted by Gasteiger charge is 2.25. The summed E-state index contributed by atoms with van der Waals surface area (Å²) in [6.45, 7) is 2.74. The zero-order valence-electron chi connectivity index (χ0n) is 18.0. The molecule has 1 aliphatic rings. The summed E-state index contributed by atoms with van der Waals surface area (Å²) < 4.78 is 18.4. The maximum atomic E-state index is 12.7. The van der Waals surface area contributed by atoms with Crippen LogP contribution in [0.1, 0.15) is 48.1 Å². The van der Waals surface area contributed by atoms with Gasteiger partial charge in [-0.05, 0) is 55.4 Å². The number of nitrogens with zero attached hydrogens (tertiary/aromatic N) is 1. The molecular weight excluding hydrogens is 402 g/mol. The fourth-order valence-electron chi connectivity index (χ4n) is 3.90. The van der Waals surface area contributed by atoms with Crippen molar-refractivity contribution in [2.45, 2.75) is 38.6 Å². The molecule has 0 saturated heterocycles. The Morgan fingerprint density at radius 2 is 2.03 bits per heavy atom. The van der Waals surface area contributed by atoms with Crippen molar-refractivity contribution < 1.29 is 19.0 Å². The van der Waals surface area contributed by atoms with E-state index in [1.165, 1.54) is 13.2 Å². The maximum Gasteiger partial charge on any atom is 0.343 e. The standard InChI is InChI=1S/C23H29NO5S/c1-5-16-8-7-15-11-22(29-9-6-10-30-4)21(27-2)12-17(15)19-13-20(25)18(14-24(16)19)23(26)28-3/h11-14,16H,5-10H2,1-4H3. The number of methoxy groups -OCH3 is 2. The number of rotatable bonds is 8. The number of esters is 1. The van der Waals surface area contributed by atoms with Gasteiger partial charge in [0.25, 0.3) is 0 Å². The second kappa shape index (κ2) is 10.1. The number of ether oxygens (including phenoxy) is 3. The monoisotopic (exact) mass is 431 g/mol. The minimum Gasteiger partial charge on any atom is -0.493 e. The summed E-state index contributed by atoms with van der Waals surface area (Å²) in [5.74, 6) is 1.81. The number of hydrogen-bond acceptors (Lipinski definition) is 6. The molecule has 0 fully saturated rings. The highest BCUT2D eigenvalue weighted by Crippen LogP contribution is 2.40. The van der Waals surface area contributed by atoms with Gasteiger partial charge in [0.2, 0.25) is 0 Å². The average Bonchev–Trinajstić information content (AvgIpc) is 2.90. The van der Waals surface area contributed by atoms with Crippen LogP contribution in [0.3, 0.4) is 0 Å². The SMILES string of the molecule is CCC1CCc2cc(OCCCSC)c(OC)cc2-c2cc(=O)c(C(=O)OC)cn21. The molecule has 1 atom stereocenters. The van der Waals surface area contributed by atoms with Crippen molar-refractivity contribution in [3.63, 3.8) is 0 Å². The molecule has 1 aromatic carbocycles. The molecule has 6 nitrogen and oxygen atoms in total. The van der Waals surface area contributed by atoms with Crippen molar-refractivity contribution in [3.8, 4) is 22.8 Å². The highest BCUT2D eigenvalue weighted by molar-refractivity contribution is 7.98. The van der Waals surface area contributed by atoms with E-state index in [1.807, 2.05) is 16.7 Å². The van der Waals surface area contributed by atoms with Crippen LogP contribution < -0.4 is 14.9 Å². The van der Waals surface area contributed by atoms with Crippen LogP contribution in [0, 0.1) is 0 Å². The van der Waals surface area contributed by atoms with Crippen LogP contribution in [0.2, 0.25) is 0 Å². The van der Waals surface area contributed by atoms with E-state index in [4.69, 9.17) is 14.2 Å². The highest BCUT2D eigenvalue weighted by atomic mass is 32.2. The lowest BCUT2D eigenvalue weighted by Crippen LogP contribution is -2.21. The molecule has 0 amide bonds. The third-order valence-electron chi connectivity index (χ3n) is 5.51. The summed E-state index contributed by atoms with van der Waals surface area (Å²) in [4.78, 5) is 24.7. The molecule has 1 aromatic heterocycles. The van der Waals surface area contributed by atoms with Gasteiger partial charge in [0.15, 0.2) is 16.9 Å². The smallest absolute Gasteiger partial charge is 0.343 e. The summed E-state index contributed by atoms with van der Waals surface area (Å²) >= 11 is 1.80. The Morgan fingerprint density at radius 3 is 2.70 bits per heavy atom. The van der Waals surface area contributed by atoms with Crippen LogP contribution in [-0.2, 0) is 11.2 Å². The molecule has 162 valence electrons. The van der Waals surface area contributed by atoms with E-state index in [2.05, 4.69) is 13.2 Å². The van der Waals surface area contributed by atoms with Gasteiger partial charge in [-0.25, -0.2) is 4.79 Å². The van der Waals surface area contributed by atoms with Gasteiger partial charge in [0.05, 0.1) is 26.5 Å². The normalized spacial score (nSPS) is 15.0. The number of aryl methyl sites for hydroxylation is 1. The molecule has 1 unspecified atom stereocenters. The van der Waals surface area contributed by atoms with E-state index in [1.54, 1.807) is 25.1 Å². The Labute approximate surface area is 181 Å². The molecule has 7 heteroatoms. The first-order valence-corrected chi connectivity index (χ1v) is 11.6. The topological polar surface area (TPSA) is 66.8 Å². The van der Waals surface area contributed by atoms with E-state index in [0.29, 0.717) is 12.4 Å². The van der Waals surface area contributed by atoms with Gasteiger partial charge < -0.3 is 18.8 Å². The average molecular weight is 432 g/mol. The second-order valence-electron chi connectivity index (χ2n) is 7.29. The molecule has 3 rings (SSSR count). The molecule has 0 bridgehead atoms. The fraction of sp³-hybridized carbons (Fsp3) is 0.478. The number of hydrogen-bond donors (Lipinski definition) is 0. The van der Waals surface area contributed by atoms with E-state index >= 15 is 0 Å². The molecular formula is C23H29NO5S. The lowest BCUT2D eigenvalue weighted by Gasteiger charge is -2.21. The zero-order chi connectivity index (χ0) is 21.7. The van der Waals surface area contributed by atoms with Crippen LogP contribution in [0.5, 0.6) is 11.5 Å². The number of fused-ring (bicyclic) bond motifs is 3. The van der Waals surface area contributed by atoms with Crippen molar-refractivity contribution in [2.24, 2.45) is 0 Å². The summed E-state index contributed by atoms with van der Waals surface area (Å²) in [6.07, 6.45) is 7.33. The summed E-state index contributed by atoms with van der Waals surface area (Å²) in [5.41, 5.74) is 2.56. The molecule has 0 saturated carbocycles. The maximum absolute atomic E-state index is 12.7. The Hall–Kier alpha value is -2.41. The summed E-state index contributed by atoms with van der Waals surface area (Å²) in [6, 6.07) is 5.69. The molecule has 30 heavy (non-hydrogen) atoms. The van der Waals surface area contributed by atoms with Gasteiger partial charge in [0, 0.05) is 23.9 Å². The number of thioether (sulfide) groups is 1. The van der Waals surface area contributed by atoms with Crippen LogP contribution >= 0.6 is 11.8 Å². The minimum absolute atomic E-state index is 0.0591. The predicted molar refractivity (Wildman–Crippen MR) is 120 cm³/mol. The van der Waals surface area contributed by atoms with Crippen LogP contribution in [-0.4, -0.2) is 43.4 Å². The van der Waals surface area contributed by atoms with Crippen LogP contribution in [0.15, 0.2) is 29.2 Å². The Balaban J connectivity index is 2.10. The number of aromatic nitrogens is 1. The second-order valence-corrected chi connectivity index (χ2v) is 8.28. The Kier molecular flexibility index (Phi) is 7.48. The van der Waals surface area contributed by atoms with E-state index in [0.717, 1.165) is 54.0 Å². The molecule has 0 spiro atoms. The van der Waals surface area contributed by atoms with E-state index < -0.39 is 5.97 Å². The largest absolute Gasteiger partial charge is 0.493 e. The summed E-state index contributed by atoms with van der Waals surface area (Å²) in [5, 5.41) is 0. The van der Waals surface area contributed by atoms with Gasteiger partial charge in [-0.15, -0.1) is 0 Å². The summed E-state index contributed by atoms with van der Waals surface area (Å²) in [7, 11) is 2.91. The van der Waals surface area contributed by atoms with Crippen molar-refractivity contribution in [1.29, 1.82) is 0 Å². The first kappa shape index (κ1) is 22.3. The quantitative estimate of drug-likeness (QED) is 0.458. The molecule has 1 aliphatic heterocycles.